The van der Waals surface area contributed by atoms with Gasteiger partial charge in [0.05, 0.1) is 5.41 Å². The van der Waals surface area contributed by atoms with E-state index in [9.17, 15) is 9.18 Å². The molecule has 0 spiro atoms. The highest BCUT2D eigenvalue weighted by atomic mass is 19.1. The van der Waals surface area contributed by atoms with Gasteiger partial charge in [0.1, 0.15) is 11.9 Å². The minimum atomic E-state index is -0.511. The number of rotatable bonds is 9. The van der Waals surface area contributed by atoms with E-state index in [2.05, 4.69) is 24.0 Å². The van der Waals surface area contributed by atoms with E-state index < -0.39 is 5.41 Å². The standard InChI is InChI=1S/C29H36FNO2/c1-2-23-20-27(26(23)16-19-31-21-22-12-14-25(30)15-13-22)33-28(32)29(17-8-3-4-9-18-29)24-10-6-5-7-11-24/h2,5-7,10-15,23,26-27,31H,1,3-4,8-9,16-21H2/t23?,26?,27-/m0/s1. The van der Waals surface area contributed by atoms with Crippen molar-refractivity contribution >= 4 is 5.97 Å². The fourth-order valence-electron chi connectivity index (χ4n) is 5.56. The van der Waals surface area contributed by atoms with Gasteiger partial charge in [0.2, 0.25) is 0 Å². The molecule has 3 nitrogen and oxygen atoms in total. The third-order valence-corrected chi connectivity index (χ3v) is 7.66. The van der Waals surface area contributed by atoms with Gasteiger partial charge < -0.3 is 10.1 Å². The maximum atomic E-state index is 13.7. The summed E-state index contributed by atoms with van der Waals surface area (Å²) in [4.78, 5) is 13.7. The van der Waals surface area contributed by atoms with Gasteiger partial charge in [0.25, 0.3) is 0 Å². The number of benzene rings is 2. The van der Waals surface area contributed by atoms with Gasteiger partial charge in [-0.15, -0.1) is 6.58 Å². The summed E-state index contributed by atoms with van der Waals surface area (Å²) in [7, 11) is 0. The Hall–Kier alpha value is -2.46. The molecule has 0 amide bonds. The van der Waals surface area contributed by atoms with Gasteiger partial charge in [-0.1, -0.05) is 74.2 Å². The third kappa shape index (κ3) is 5.55. The topological polar surface area (TPSA) is 38.3 Å². The van der Waals surface area contributed by atoms with Crippen LogP contribution in [0.3, 0.4) is 0 Å². The molecule has 0 bridgehead atoms. The fourth-order valence-corrected chi connectivity index (χ4v) is 5.56. The van der Waals surface area contributed by atoms with E-state index in [1.165, 1.54) is 25.0 Å². The Labute approximate surface area is 197 Å². The van der Waals surface area contributed by atoms with Crippen molar-refractivity contribution in [2.24, 2.45) is 11.8 Å². The van der Waals surface area contributed by atoms with E-state index >= 15 is 0 Å². The summed E-state index contributed by atoms with van der Waals surface area (Å²) in [6, 6.07) is 16.8. The molecule has 0 saturated heterocycles. The second-order valence-electron chi connectivity index (χ2n) is 9.70. The molecule has 0 heterocycles. The number of allylic oxidation sites excluding steroid dienone is 1. The van der Waals surface area contributed by atoms with Crippen LogP contribution in [0, 0.1) is 17.7 Å². The molecule has 2 aliphatic rings. The van der Waals surface area contributed by atoms with Crippen molar-refractivity contribution in [1.29, 1.82) is 0 Å². The molecule has 0 aliphatic heterocycles. The molecular weight excluding hydrogens is 413 g/mol. The lowest BCUT2D eigenvalue weighted by molar-refractivity contribution is -0.169. The quantitative estimate of drug-likeness (QED) is 0.210. The Balaban J connectivity index is 1.37. The Morgan fingerprint density at radius 2 is 1.76 bits per heavy atom. The number of esters is 1. The van der Waals surface area contributed by atoms with E-state index in [1.807, 2.05) is 24.3 Å². The molecule has 3 atom stereocenters. The second-order valence-corrected chi connectivity index (χ2v) is 9.70. The average molecular weight is 450 g/mol. The molecule has 2 unspecified atom stereocenters. The Morgan fingerprint density at radius 1 is 1.06 bits per heavy atom. The van der Waals surface area contributed by atoms with E-state index in [0.717, 1.165) is 56.2 Å². The number of carbonyl (C=O) groups is 1. The second kappa shape index (κ2) is 11.1. The Kier molecular flexibility index (Phi) is 7.97. The van der Waals surface area contributed by atoms with Gasteiger partial charge in [-0.25, -0.2) is 4.39 Å². The summed E-state index contributed by atoms with van der Waals surface area (Å²) in [5.74, 6) is 0.434. The smallest absolute Gasteiger partial charge is 0.316 e. The van der Waals surface area contributed by atoms with Crippen molar-refractivity contribution in [3.8, 4) is 0 Å². The molecule has 0 radical (unpaired) electrons. The van der Waals surface area contributed by atoms with Gasteiger partial charge in [0.15, 0.2) is 0 Å². The maximum Gasteiger partial charge on any atom is 0.316 e. The van der Waals surface area contributed by atoms with Gasteiger partial charge in [0, 0.05) is 12.5 Å². The van der Waals surface area contributed by atoms with Crippen LogP contribution in [0.4, 0.5) is 4.39 Å². The van der Waals surface area contributed by atoms with Crippen LogP contribution in [0.2, 0.25) is 0 Å². The molecule has 4 heteroatoms. The zero-order chi connectivity index (χ0) is 23.1. The Morgan fingerprint density at radius 3 is 2.42 bits per heavy atom. The van der Waals surface area contributed by atoms with Crippen LogP contribution >= 0.6 is 0 Å². The first kappa shape index (κ1) is 23.7. The van der Waals surface area contributed by atoms with Crippen LogP contribution in [0.1, 0.15) is 62.5 Å². The fraction of sp³-hybridized carbons (Fsp3) is 0.483. The molecule has 2 saturated carbocycles. The minimum absolute atomic E-state index is 0.0348. The molecule has 4 rings (SSSR count). The summed E-state index contributed by atoms with van der Waals surface area (Å²) in [5, 5.41) is 3.45. The number of halogens is 1. The molecule has 2 aromatic rings. The lowest BCUT2D eigenvalue weighted by atomic mass is 9.68. The van der Waals surface area contributed by atoms with Crippen molar-refractivity contribution in [2.75, 3.05) is 6.54 Å². The normalized spacial score (nSPS) is 24.3. The summed E-state index contributed by atoms with van der Waals surface area (Å²) in [6.07, 6.45) is 10.0. The van der Waals surface area contributed by atoms with Crippen LogP contribution in [-0.4, -0.2) is 18.6 Å². The number of nitrogens with one attached hydrogen (secondary N) is 1. The lowest BCUT2D eigenvalue weighted by Gasteiger charge is -2.44. The first-order valence-electron chi connectivity index (χ1n) is 12.5. The summed E-state index contributed by atoms with van der Waals surface area (Å²) in [5.41, 5.74) is 1.66. The van der Waals surface area contributed by atoms with Crippen molar-refractivity contribution in [1.82, 2.24) is 5.32 Å². The molecule has 0 aromatic heterocycles. The Bertz CT molecular complexity index is 903. The number of hydrogen-bond acceptors (Lipinski definition) is 3. The largest absolute Gasteiger partial charge is 0.461 e. The molecule has 2 aromatic carbocycles. The van der Waals surface area contributed by atoms with E-state index in [1.54, 1.807) is 12.1 Å². The van der Waals surface area contributed by atoms with Crippen LogP contribution in [0.5, 0.6) is 0 Å². The summed E-state index contributed by atoms with van der Waals surface area (Å²) < 4.78 is 19.3. The van der Waals surface area contributed by atoms with Crippen molar-refractivity contribution in [3.63, 3.8) is 0 Å². The highest BCUT2D eigenvalue weighted by Gasteiger charge is 2.47. The van der Waals surface area contributed by atoms with Gasteiger partial charge in [-0.05, 0) is 61.4 Å². The third-order valence-electron chi connectivity index (χ3n) is 7.66. The van der Waals surface area contributed by atoms with Crippen molar-refractivity contribution in [3.05, 3.63) is 84.2 Å². The zero-order valence-corrected chi connectivity index (χ0v) is 19.5. The lowest BCUT2D eigenvalue weighted by Crippen LogP contribution is -2.48. The molecule has 33 heavy (non-hydrogen) atoms. The molecule has 2 fully saturated rings. The summed E-state index contributed by atoms with van der Waals surface area (Å²) >= 11 is 0. The maximum absolute atomic E-state index is 13.7. The van der Waals surface area contributed by atoms with Crippen LogP contribution in [-0.2, 0) is 21.5 Å². The van der Waals surface area contributed by atoms with Crippen molar-refractivity contribution < 1.29 is 13.9 Å². The number of ether oxygens (including phenoxy) is 1. The SMILES string of the molecule is C=CC1C[C@H](OC(=O)C2(c3ccccc3)CCCCCC2)C1CCNCc1ccc(F)cc1. The monoisotopic (exact) mass is 449 g/mol. The van der Waals surface area contributed by atoms with E-state index in [-0.39, 0.29) is 17.9 Å². The summed E-state index contributed by atoms with van der Waals surface area (Å²) in [6.45, 7) is 5.52. The average Bonchev–Trinajstić information content (AvgIpc) is 3.10. The molecule has 176 valence electrons. The van der Waals surface area contributed by atoms with E-state index in [4.69, 9.17) is 4.74 Å². The highest BCUT2D eigenvalue weighted by molar-refractivity contribution is 5.83. The molecular formula is C29H36FNO2. The molecule has 2 aliphatic carbocycles. The van der Waals surface area contributed by atoms with Crippen LogP contribution in [0.15, 0.2) is 67.3 Å². The number of carbonyl (C=O) groups excluding carboxylic acids is 1. The first-order chi connectivity index (χ1) is 16.1. The minimum Gasteiger partial charge on any atom is -0.461 e. The van der Waals surface area contributed by atoms with E-state index in [0.29, 0.717) is 18.4 Å². The van der Waals surface area contributed by atoms with Gasteiger partial charge in [-0.2, -0.15) is 0 Å². The number of hydrogen-bond donors (Lipinski definition) is 1. The predicted molar refractivity (Wildman–Crippen MR) is 130 cm³/mol. The van der Waals surface area contributed by atoms with Crippen molar-refractivity contribution in [2.45, 2.75) is 69.4 Å². The van der Waals surface area contributed by atoms with Gasteiger partial charge >= 0.3 is 5.97 Å². The first-order valence-corrected chi connectivity index (χ1v) is 12.5. The zero-order valence-electron chi connectivity index (χ0n) is 19.5. The molecule has 1 N–H and O–H groups in total. The predicted octanol–water partition coefficient (Wildman–Crippen LogP) is 6.33. The highest BCUT2D eigenvalue weighted by Crippen LogP contribution is 2.44. The van der Waals surface area contributed by atoms with Crippen LogP contribution < -0.4 is 5.32 Å². The van der Waals surface area contributed by atoms with Crippen LogP contribution in [0.25, 0.3) is 0 Å². The van der Waals surface area contributed by atoms with Gasteiger partial charge in [-0.3, -0.25) is 4.79 Å².